The summed E-state index contributed by atoms with van der Waals surface area (Å²) in [5.41, 5.74) is 1.30. The highest BCUT2D eigenvalue weighted by Crippen LogP contribution is 2.38. The van der Waals surface area contributed by atoms with Gasteiger partial charge in [-0.15, -0.1) is 0 Å². The maximum absolute atomic E-state index is 13.0. The van der Waals surface area contributed by atoms with Crippen LogP contribution in [0.15, 0.2) is 71.4 Å². The van der Waals surface area contributed by atoms with Gasteiger partial charge in [-0.2, -0.15) is 0 Å². The second kappa shape index (κ2) is 10.6. The predicted octanol–water partition coefficient (Wildman–Crippen LogP) is 4.28. The number of ether oxygens (including phenoxy) is 6. The summed E-state index contributed by atoms with van der Waals surface area (Å²) < 4.78 is 32.1. The van der Waals surface area contributed by atoms with Crippen LogP contribution in [0.5, 0.6) is 28.7 Å². The highest BCUT2D eigenvalue weighted by atomic mass is 16.6. The molecule has 184 valence electrons. The number of hydrogen-bond acceptors (Lipinski definition) is 9. The third-order valence-corrected chi connectivity index (χ3v) is 5.25. The first-order valence-corrected chi connectivity index (χ1v) is 10.8. The molecule has 0 fully saturated rings. The summed E-state index contributed by atoms with van der Waals surface area (Å²) >= 11 is 0. The monoisotopic (exact) mass is 489 g/mol. The molecule has 0 amide bonds. The number of aliphatic imine (C=N–C) groups is 1. The SMILES string of the molecule is COc1cccc(C2=N/C(=C\c3ccccc3OC(=O)c3cc(OC)c(OC)c(OC)c3)C(=O)O2)c1. The maximum Gasteiger partial charge on any atom is 0.363 e. The number of carbonyl (C=O) groups is 2. The van der Waals surface area contributed by atoms with Crippen LogP contribution in [0.4, 0.5) is 0 Å². The van der Waals surface area contributed by atoms with E-state index in [0.717, 1.165) is 0 Å². The number of esters is 2. The van der Waals surface area contributed by atoms with Crippen LogP contribution in [0.25, 0.3) is 6.08 Å². The van der Waals surface area contributed by atoms with Gasteiger partial charge in [0.2, 0.25) is 11.6 Å². The lowest BCUT2D eigenvalue weighted by Gasteiger charge is -2.14. The van der Waals surface area contributed by atoms with E-state index in [1.165, 1.54) is 39.5 Å². The molecule has 0 unspecified atom stereocenters. The number of benzene rings is 3. The Kier molecular flexibility index (Phi) is 7.20. The molecule has 1 heterocycles. The average Bonchev–Trinajstić information content (AvgIpc) is 3.28. The van der Waals surface area contributed by atoms with E-state index in [9.17, 15) is 9.59 Å². The molecule has 0 saturated heterocycles. The molecule has 0 N–H and O–H groups in total. The van der Waals surface area contributed by atoms with Crippen LogP contribution in [-0.2, 0) is 9.53 Å². The molecule has 0 bridgehead atoms. The van der Waals surface area contributed by atoms with Crippen LogP contribution in [0.2, 0.25) is 0 Å². The minimum absolute atomic E-state index is 0.0594. The van der Waals surface area contributed by atoms with Crippen LogP contribution >= 0.6 is 0 Å². The lowest BCUT2D eigenvalue weighted by molar-refractivity contribution is -0.129. The quantitative estimate of drug-likeness (QED) is 0.262. The van der Waals surface area contributed by atoms with Gasteiger partial charge in [-0.25, -0.2) is 14.6 Å². The van der Waals surface area contributed by atoms with Crippen molar-refractivity contribution in [3.8, 4) is 28.7 Å². The molecule has 9 nitrogen and oxygen atoms in total. The van der Waals surface area contributed by atoms with Crippen molar-refractivity contribution in [2.75, 3.05) is 28.4 Å². The Balaban J connectivity index is 1.63. The van der Waals surface area contributed by atoms with Crippen LogP contribution in [0, 0.1) is 0 Å². The number of nitrogens with zero attached hydrogens (tertiary/aromatic N) is 1. The summed E-state index contributed by atoms with van der Waals surface area (Å²) in [4.78, 5) is 29.8. The van der Waals surface area contributed by atoms with Crippen LogP contribution in [0.1, 0.15) is 21.5 Å². The summed E-state index contributed by atoms with van der Waals surface area (Å²) in [6.07, 6.45) is 1.49. The van der Waals surface area contributed by atoms with E-state index in [-0.39, 0.29) is 22.9 Å². The molecule has 4 rings (SSSR count). The van der Waals surface area contributed by atoms with Crippen molar-refractivity contribution >= 4 is 23.9 Å². The van der Waals surface area contributed by atoms with E-state index < -0.39 is 11.9 Å². The molecular weight excluding hydrogens is 466 g/mol. The topological polar surface area (TPSA) is 102 Å². The third kappa shape index (κ3) is 5.00. The molecule has 1 aliphatic rings. The van der Waals surface area contributed by atoms with Gasteiger partial charge in [-0.1, -0.05) is 24.3 Å². The molecule has 0 saturated carbocycles. The van der Waals surface area contributed by atoms with E-state index >= 15 is 0 Å². The van der Waals surface area contributed by atoms with Crippen molar-refractivity contribution in [1.29, 1.82) is 0 Å². The number of carbonyl (C=O) groups excluding carboxylic acids is 2. The fraction of sp³-hybridized carbons (Fsp3) is 0.148. The molecule has 0 atom stereocenters. The molecule has 9 heteroatoms. The molecule has 0 spiro atoms. The lowest BCUT2D eigenvalue weighted by atomic mass is 10.1. The van der Waals surface area contributed by atoms with E-state index in [1.807, 2.05) is 0 Å². The Hall–Kier alpha value is -4.79. The third-order valence-electron chi connectivity index (χ3n) is 5.25. The second-order valence-corrected chi connectivity index (χ2v) is 7.41. The molecule has 3 aromatic rings. The number of methoxy groups -OCH3 is 4. The van der Waals surface area contributed by atoms with Gasteiger partial charge in [0, 0.05) is 11.1 Å². The fourth-order valence-corrected chi connectivity index (χ4v) is 3.49. The molecule has 0 radical (unpaired) electrons. The van der Waals surface area contributed by atoms with Crippen molar-refractivity contribution in [1.82, 2.24) is 0 Å². The van der Waals surface area contributed by atoms with Gasteiger partial charge in [0.05, 0.1) is 34.0 Å². The van der Waals surface area contributed by atoms with Crippen molar-refractivity contribution in [3.63, 3.8) is 0 Å². The molecule has 0 aliphatic carbocycles. The Morgan fingerprint density at radius 2 is 1.56 bits per heavy atom. The zero-order valence-corrected chi connectivity index (χ0v) is 20.1. The molecule has 1 aliphatic heterocycles. The lowest BCUT2D eigenvalue weighted by Crippen LogP contribution is -2.10. The number of rotatable bonds is 8. The first-order valence-electron chi connectivity index (χ1n) is 10.8. The molecular formula is C27H23NO8. The highest BCUT2D eigenvalue weighted by Gasteiger charge is 2.25. The zero-order chi connectivity index (χ0) is 25.7. The Morgan fingerprint density at radius 3 is 2.22 bits per heavy atom. The molecule has 0 aromatic heterocycles. The van der Waals surface area contributed by atoms with E-state index in [0.29, 0.717) is 34.1 Å². The van der Waals surface area contributed by atoms with Crippen LogP contribution in [-0.4, -0.2) is 46.3 Å². The largest absolute Gasteiger partial charge is 0.497 e. The van der Waals surface area contributed by atoms with E-state index in [2.05, 4.69) is 4.99 Å². The first-order chi connectivity index (χ1) is 17.5. The minimum atomic E-state index is -0.658. The van der Waals surface area contributed by atoms with Gasteiger partial charge in [-0.05, 0) is 42.5 Å². The highest BCUT2D eigenvalue weighted by molar-refractivity contribution is 6.13. The number of para-hydroxylation sites is 1. The van der Waals surface area contributed by atoms with Gasteiger partial charge in [0.1, 0.15) is 11.5 Å². The Morgan fingerprint density at radius 1 is 0.833 bits per heavy atom. The van der Waals surface area contributed by atoms with Crippen molar-refractivity contribution in [2.45, 2.75) is 0 Å². The summed E-state index contributed by atoms with van der Waals surface area (Å²) in [7, 11) is 5.92. The van der Waals surface area contributed by atoms with Gasteiger partial charge >= 0.3 is 11.9 Å². The summed E-state index contributed by atoms with van der Waals surface area (Å²) in [6.45, 7) is 0. The van der Waals surface area contributed by atoms with Crippen molar-refractivity contribution < 1.29 is 38.0 Å². The van der Waals surface area contributed by atoms with E-state index in [4.69, 9.17) is 28.4 Å². The van der Waals surface area contributed by atoms with Gasteiger partial charge in [0.25, 0.3) is 0 Å². The van der Waals surface area contributed by atoms with Gasteiger partial charge in [0.15, 0.2) is 17.2 Å². The average molecular weight is 489 g/mol. The number of hydrogen-bond donors (Lipinski definition) is 0. The van der Waals surface area contributed by atoms with E-state index in [1.54, 1.807) is 55.6 Å². The first kappa shape index (κ1) is 24.3. The smallest absolute Gasteiger partial charge is 0.363 e. The van der Waals surface area contributed by atoms with Gasteiger partial charge < -0.3 is 28.4 Å². The normalized spacial score (nSPS) is 13.6. The Bertz CT molecular complexity index is 1350. The number of cyclic esters (lactones) is 1. The van der Waals surface area contributed by atoms with Crippen molar-refractivity contribution in [2.24, 2.45) is 4.99 Å². The minimum Gasteiger partial charge on any atom is -0.497 e. The van der Waals surface area contributed by atoms with Crippen molar-refractivity contribution in [3.05, 3.63) is 83.1 Å². The molecule has 36 heavy (non-hydrogen) atoms. The zero-order valence-electron chi connectivity index (χ0n) is 20.1. The summed E-state index contributed by atoms with van der Waals surface area (Å²) in [6, 6.07) is 16.7. The summed E-state index contributed by atoms with van der Waals surface area (Å²) in [5, 5.41) is 0. The molecule has 3 aromatic carbocycles. The fourth-order valence-electron chi connectivity index (χ4n) is 3.49. The van der Waals surface area contributed by atoms with Crippen LogP contribution in [0.3, 0.4) is 0 Å². The maximum atomic E-state index is 13.0. The summed E-state index contributed by atoms with van der Waals surface area (Å²) in [5.74, 6) is 0.672. The second-order valence-electron chi connectivity index (χ2n) is 7.41. The predicted molar refractivity (Wildman–Crippen MR) is 131 cm³/mol. The van der Waals surface area contributed by atoms with Gasteiger partial charge in [-0.3, -0.25) is 0 Å². The Labute approximate surface area is 207 Å². The van der Waals surface area contributed by atoms with Crippen LogP contribution < -0.4 is 23.7 Å². The standard InChI is InChI=1S/C27H23NO8/c1-31-19-10-7-9-17(12-19)25-28-20(27(30)36-25)13-16-8-5-6-11-21(16)35-26(29)18-14-22(32-2)24(34-4)23(15-18)33-3/h5-15H,1-4H3/b20-13-.